The average Bonchev–Trinajstić information content (AvgIpc) is 3.09. The summed E-state index contributed by atoms with van der Waals surface area (Å²) in [7, 11) is 1.68. The number of nitrogens with zero attached hydrogens (tertiary/aromatic N) is 1. The number of H-pyrrole nitrogens is 1. The molecule has 0 saturated heterocycles. The number of hydrogen-bond donors (Lipinski definition) is 2. The standard InChI is InChI=1S/C20H20N2O3/c1-25-19-14(6-7-18-16(19)8-9-21-18)11-22-10-13-4-2-3-5-15(13)17(12-22)20(23)24/h2-9,17,21H,10-12H2,1H3,(H,23,24). The van der Waals surface area contributed by atoms with Crippen LogP contribution in [-0.2, 0) is 17.9 Å². The van der Waals surface area contributed by atoms with Crippen LogP contribution in [0.5, 0.6) is 5.75 Å². The van der Waals surface area contributed by atoms with Gasteiger partial charge in [0.2, 0.25) is 0 Å². The van der Waals surface area contributed by atoms with Crippen LogP contribution in [0.3, 0.4) is 0 Å². The van der Waals surface area contributed by atoms with Crippen molar-refractivity contribution in [3.63, 3.8) is 0 Å². The summed E-state index contributed by atoms with van der Waals surface area (Å²) in [5.41, 5.74) is 4.12. The third-order valence-electron chi connectivity index (χ3n) is 4.93. The number of nitrogens with one attached hydrogen (secondary N) is 1. The number of ether oxygens (including phenoxy) is 1. The summed E-state index contributed by atoms with van der Waals surface area (Å²) in [5.74, 6) is -0.415. The zero-order valence-electron chi connectivity index (χ0n) is 14.0. The quantitative estimate of drug-likeness (QED) is 0.767. The maximum Gasteiger partial charge on any atom is 0.312 e. The number of rotatable bonds is 4. The zero-order chi connectivity index (χ0) is 17.4. The molecule has 0 spiro atoms. The molecule has 0 fully saturated rings. The summed E-state index contributed by atoms with van der Waals surface area (Å²) >= 11 is 0. The van der Waals surface area contributed by atoms with E-state index in [1.54, 1.807) is 7.11 Å². The van der Waals surface area contributed by atoms with Gasteiger partial charge in [-0.25, -0.2) is 0 Å². The lowest BCUT2D eigenvalue weighted by Gasteiger charge is -2.33. The zero-order valence-corrected chi connectivity index (χ0v) is 14.0. The summed E-state index contributed by atoms with van der Waals surface area (Å²) in [5, 5.41) is 10.7. The van der Waals surface area contributed by atoms with Crippen molar-refractivity contribution in [2.45, 2.75) is 19.0 Å². The minimum absolute atomic E-state index is 0.494. The highest BCUT2D eigenvalue weighted by molar-refractivity contribution is 5.87. The Morgan fingerprint density at radius 3 is 2.92 bits per heavy atom. The number of carboxylic acids is 1. The monoisotopic (exact) mass is 336 g/mol. The van der Waals surface area contributed by atoms with Crippen LogP contribution in [-0.4, -0.2) is 34.6 Å². The lowest BCUT2D eigenvalue weighted by Crippen LogP contribution is -2.36. The van der Waals surface area contributed by atoms with Gasteiger partial charge >= 0.3 is 5.97 Å². The van der Waals surface area contributed by atoms with E-state index in [-0.39, 0.29) is 0 Å². The summed E-state index contributed by atoms with van der Waals surface area (Å²) in [4.78, 5) is 17.1. The average molecular weight is 336 g/mol. The molecule has 3 aromatic rings. The fourth-order valence-electron chi connectivity index (χ4n) is 3.77. The van der Waals surface area contributed by atoms with E-state index in [2.05, 4.69) is 9.88 Å². The van der Waals surface area contributed by atoms with Gasteiger partial charge in [-0.3, -0.25) is 9.69 Å². The molecule has 2 heterocycles. The van der Waals surface area contributed by atoms with E-state index in [0.29, 0.717) is 13.1 Å². The largest absolute Gasteiger partial charge is 0.496 e. The minimum atomic E-state index is -0.773. The van der Waals surface area contributed by atoms with Crippen molar-refractivity contribution in [3.8, 4) is 5.75 Å². The fourth-order valence-corrected chi connectivity index (χ4v) is 3.77. The molecule has 0 saturated carbocycles. The van der Waals surface area contributed by atoms with Crippen LogP contribution in [0, 0.1) is 0 Å². The van der Waals surface area contributed by atoms with Gasteiger partial charge in [-0.05, 0) is 23.3 Å². The molecule has 5 heteroatoms. The van der Waals surface area contributed by atoms with E-state index < -0.39 is 11.9 Å². The highest BCUT2D eigenvalue weighted by atomic mass is 16.5. The van der Waals surface area contributed by atoms with Crippen molar-refractivity contribution in [1.29, 1.82) is 0 Å². The van der Waals surface area contributed by atoms with Gasteiger partial charge in [-0.2, -0.15) is 0 Å². The van der Waals surface area contributed by atoms with E-state index in [0.717, 1.165) is 39.9 Å². The second-order valence-electron chi connectivity index (χ2n) is 6.46. The second kappa shape index (κ2) is 6.26. The topological polar surface area (TPSA) is 65.6 Å². The van der Waals surface area contributed by atoms with Crippen LogP contribution < -0.4 is 4.74 Å². The molecule has 1 unspecified atom stereocenters. The Hall–Kier alpha value is -2.79. The first-order chi connectivity index (χ1) is 12.2. The lowest BCUT2D eigenvalue weighted by molar-refractivity contribution is -0.139. The fraction of sp³-hybridized carbons (Fsp3) is 0.250. The summed E-state index contributed by atoms with van der Waals surface area (Å²) < 4.78 is 5.64. The van der Waals surface area contributed by atoms with E-state index in [9.17, 15) is 9.90 Å². The molecule has 0 radical (unpaired) electrons. The Labute approximate surface area is 145 Å². The molecule has 5 nitrogen and oxygen atoms in total. The smallest absolute Gasteiger partial charge is 0.312 e. The van der Waals surface area contributed by atoms with E-state index >= 15 is 0 Å². The van der Waals surface area contributed by atoms with E-state index in [4.69, 9.17) is 4.74 Å². The normalized spacial score (nSPS) is 17.4. The number of methoxy groups -OCH3 is 1. The third kappa shape index (κ3) is 2.76. The first-order valence-electron chi connectivity index (χ1n) is 8.33. The Balaban J connectivity index is 1.67. The Morgan fingerprint density at radius 1 is 1.28 bits per heavy atom. The van der Waals surface area contributed by atoms with E-state index in [1.165, 1.54) is 0 Å². The number of benzene rings is 2. The highest BCUT2D eigenvalue weighted by Gasteiger charge is 2.30. The molecule has 2 N–H and O–H groups in total. The molecule has 1 aliphatic rings. The first-order valence-corrected chi connectivity index (χ1v) is 8.33. The summed E-state index contributed by atoms with van der Waals surface area (Å²) in [6, 6.07) is 13.9. The number of fused-ring (bicyclic) bond motifs is 2. The van der Waals surface area contributed by atoms with Crippen molar-refractivity contribution in [2.75, 3.05) is 13.7 Å². The van der Waals surface area contributed by atoms with Crippen LogP contribution in [0.4, 0.5) is 0 Å². The molecule has 1 atom stereocenters. The molecule has 1 aromatic heterocycles. The maximum absolute atomic E-state index is 11.7. The number of aromatic nitrogens is 1. The van der Waals surface area contributed by atoms with Gasteiger partial charge in [0.25, 0.3) is 0 Å². The number of carbonyl (C=O) groups is 1. The lowest BCUT2D eigenvalue weighted by atomic mass is 9.89. The van der Waals surface area contributed by atoms with Crippen molar-refractivity contribution < 1.29 is 14.6 Å². The molecule has 0 aliphatic carbocycles. The summed E-state index contributed by atoms with van der Waals surface area (Å²) in [6.45, 7) is 1.90. The van der Waals surface area contributed by atoms with Gasteiger partial charge in [0.15, 0.2) is 0 Å². The molecule has 4 rings (SSSR count). The van der Waals surface area contributed by atoms with Crippen molar-refractivity contribution in [1.82, 2.24) is 9.88 Å². The van der Waals surface area contributed by atoms with Gasteiger partial charge < -0.3 is 14.8 Å². The molecular weight excluding hydrogens is 316 g/mol. The molecule has 0 amide bonds. The first kappa shape index (κ1) is 15.7. The summed E-state index contributed by atoms with van der Waals surface area (Å²) in [6.07, 6.45) is 1.90. The SMILES string of the molecule is COc1c(CN2Cc3ccccc3C(C(=O)O)C2)ccc2[nH]ccc12. The molecule has 25 heavy (non-hydrogen) atoms. The van der Waals surface area contributed by atoms with E-state index in [1.807, 2.05) is 48.7 Å². The van der Waals surface area contributed by atoms with Crippen molar-refractivity contribution in [2.24, 2.45) is 0 Å². The number of hydrogen-bond acceptors (Lipinski definition) is 3. The maximum atomic E-state index is 11.7. The van der Waals surface area contributed by atoms with Crippen LogP contribution in [0.15, 0.2) is 48.7 Å². The van der Waals surface area contributed by atoms with Gasteiger partial charge in [-0.1, -0.05) is 30.3 Å². The predicted octanol–water partition coefficient (Wildman–Crippen LogP) is 3.36. The van der Waals surface area contributed by atoms with Crippen LogP contribution in [0.2, 0.25) is 0 Å². The van der Waals surface area contributed by atoms with Gasteiger partial charge in [0.05, 0.1) is 13.0 Å². The highest BCUT2D eigenvalue weighted by Crippen LogP contribution is 2.33. The van der Waals surface area contributed by atoms with Gasteiger partial charge in [0.1, 0.15) is 5.75 Å². The number of aliphatic carboxylic acids is 1. The number of carboxylic acid groups (broad SMARTS) is 1. The van der Waals surface area contributed by atoms with Gasteiger partial charge in [-0.15, -0.1) is 0 Å². The molecule has 2 aromatic carbocycles. The minimum Gasteiger partial charge on any atom is -0.496 e. The third-order valence-corrected chi connectivity index (χ3v) is 4.93. The Morgan fingerprint density at radius 2 is 2.12 bits per heavy atom. The molecule has 128 valence electrons. The molecule has 0 bridgehead atoms. The van der Waals surface area contributed by atoms with Crippen LogP contribution in [0.25, 0.3) is 10.9 Å². The van der Waals surface area contributed by atoms with Crippen LogP contribution in [0.1, 0.15) is 22.6 Å². The Bertz CT molecular complexity index is 932. The van der Waals surface area contributed by atoms with Gasteiger partial charge in [0, 0.05) is 42.3 Å². The molecule has 1 aliphatic heterocycles. The van der Waals surface area contributed by atoms with Crippen LogP contribution >= 0.6 is 0 Å². The van der Waals surface area contributed by atoms with Crippen molar-refractivity contribution in [3.05, 3.63) is 65.4 Å². The predicted molar refractivity (Wildman–Crippen MR) is 95.8 cm³/mol. The number of aromatic amines is 1. The molecular formula is C20H20N2O3. The second-order valence-corrected chi connectivity index (χ2v) is 6.46. The van der Waals surface area contributed by atoms with Crippen molar-refractivity contribution >= 4 is 16.9 Å². The Kier molecular flexibility index (Phi) is 3.93.